The summed E-state index contributed by atoms with van der Waals surface area (Å²) in [6, 6.07) is 16.4. The minimum absolute atomic E-state index is 0.0215. The molecule has 222 valence electrons. The molecule has 0 saturated carbocycles. The van der Waals surface area contributed by atoms with Crippen LogP contribution in [0, 0.1) is 18.3 Å². The first-order chi connectivity index (χ1) is 20.0. The van der Waals surface area contributed by atoms with E-state index < -0.39 is 34.3 Å². The van der Waals surface area contributed by atoms with Gasteiger partial charge < -0.3 is 20.1 Å². The zero-order chi connectivity index (χ0) is 30.4. The topological polar surface area (TPSA) is 136 Å². The molecular weight excluding hydrogens is 566 g/mol. The summed E-state index contributed by atoms with van der Waals surface area (Å²) in [6.07, 6.45) is 1.65. The minimum Gasteiger partial charge on any atom is -0.472 e. The summed E-state index contributed by atoms with van der Waals surface area (Å²) in [6.45, 7) is 0.574. The molecule has 1 saturated heterocycles. The molecule has 3 atom stereocenters. The Balaban J connectivity index is 1.71. The number of pyridine rings is 1. The molecule has 0 unspecified atom stereocenters. The molecule has 12 heteroatoms. The zero-order valence-electron chi connectivity index (χ0n) is 23.2. The summed E-state index contributed by atoms with van der Waals surface area (Å²) in [4.78, 5) is 18.8. The van der Waals surface area contributed by atoms with Gasteiger partial charge in [0.2, 0.25) is 11.8 Å². The van der Waals surface area contributed by atoms with Crippen molar-refractivity contribution < 1.29 is 31.5 Å². The quantitative estimate of drug-likeness (QED) is 0.320. The number of alkyl halides is 2. The SMILES string of the molecule is CCS(=O)(=O)c1ccc([C@H](CC#N)c2cc(N3C[C@@H](Oc4ccc(C)cn4)C[C@H]3COC(F)F)ccc2C(N)=O)cc1. The number of rotatable bonds is 12. The number of benzene rings is 2. The van der Waals surface area contributed by atoms with Crippen LogP contribution in [0.1, 0.15) is 52.7 Å². The minimum atomic E-state index is -3.43. The Kier molecular flexibility index (Phi) is 9.75. The van der Waals surface area contributed by atoms with Gasteiger partial charge in [-0.05, 0) is 53.9 Å². The third-order valence-electron chi connectivity index (χ3n) is 7.29. The fourth-order valence-corrected chi connectivity index (χ4v) is 6.01. The number of carbonyl (C=O) groups is 1. The first-order valence-corrected chi connectivity index (χ1v) is 15.1. The van der Waals surface area contributed by atoms with Gasteiger partial charge in [-0.15, -0.1) is 0 Å². The number of carbonyl (C=O) groups excluding carboxylic acids is 1. The number of hydrogen-bond acceptors (Lipinski definition) is 8. The number of primary amides is 1. The van der Waals surface area contributed by atoms with Gasteiger partial charge >= 0.3 is 6.61 Å². The summed E-state index contributed by atoms with van der Waals surface area (Å²) in [5, 5.41) is 9.67. The van der Waals surface area contributed by atoms with Gasteiger partial charge in [-0.2, -0.15) is 14.0 Å². The number of nitrogens with two attached hydrogens (primary N) is 1. The average Bonchev–Trinajstić information content (AvgIpc) is 3.38. The van der Waals surface area contributed by atoms with E-state index in [9.17, 15) is 27.3 Å². The molecule has 42 heavy (non-hydrogen) atoms. The van der Waals surface area contributed by atoms with E-state index in [0.29, 0.717) is 35.7 Å². The Morgan fingerprint density at radius 3 is 2.52 bits per heavy atom. The van der Waals surface area contributed by atoms with Gasteiger partial charge in [0.25, 0.3) is 0 Å². The lowest BCUT2D eigenvalue weighted by Crippen LogP contribution is -2.34. The van der Waals surface area contributed by atoms with Crippen LogP contribution >= 0.6 is 0 Å². The van der Waals surface area contributed by atoms with E-state index in [2.05, 4.69) is 15.8 Å². The number of aryl methyl sites for hydroxylation is 1. The highest BCUT2D eigenvalue weighted by atomic mass is 32.2. The van der Waals surface area contributed by atoms with Crippen LogP contribution in [0.3, 0.4) is 0 Å². The average molecular weight is 599 g/mol. The second kappa shape index (κ2) is 13.3. The van der Waals surface area contributed by atoms with Crippen molar-refractivity contribution in [2.45, 2.75) is 56.3 Å². The number of aromatic nitrogens is 1. The van der Waals surface area contributed by atoms with E-state index >= 15 is 0 Å². The van der Waals surface area contributed by atoms with Crippen molar-refractivity contribution in [1.82, 2.24) is 4.98 Å². The fraction of sp³-hybridized carbons (Fsp3) is 0.367. The standard InChI is InChI=1S/C30H32F2N4O5S/c1-3-42(38,39)24-8-5-20(6-9-24)25(12-13-33)27-15-21(7-10-26(27)29(34)37)36-17-23(14-22(36)18-40-30(31)32)41-28-11-4-19(2)16-35-28/h4-11,15-16,22-23,25,30H,3,12,14,17-18H2,1-2H3,(H2,34,37)/t22-,23-,25-/m0/s1. The van der Waals surface area contributed by atoms with Gasteiger partial charge in [-0.3, -0.25) is 4.79 Å². The van der Waals surface area contributed by atoms with E-state index in [0.717, 1.165) is 5.56 Å². The highest BCUT2D eigenvalue weighted by Gasteiger charge is 2.35. The van der Waals surface area contributed by atoms with E-state index in [1.807, 2.05) is 17.9 Å². The lowest BCUT2D eigenvalue weighted by Gasteiger charge is -2.28. The molecule has 1 aliphatic heterocycles. The maximum Gasteiger partial charge on any atom is 0.345 e. The molecule has 2 aromatic carbocycles. The summed E-state index contributed by atoms with van der Waals surface area (Å²) in [5.74, 6) is -0.958. The number of nitrogens with zero attached hydrogens (tertiary/aromatic N) is 3. The molecule has 1 aliphatic rings. The lowest BCUT2D eigenvalue weighted by molar-refractivity contribution is -0.131. The van der Waals surface area contributed by atoms with Crippen LogP contribution in [-0.4, -0.2) is 57.0 Å². The molecule has 0 aliphatic carbocycles. The first-order valence-electron chi connectivity index (χ1n) is 13.4. The predicted octanol–water partition coefficient (Wildman–Crippen LogP) is 4.59. The van der Waals surface area contributed by atoms with Crippen LogP contribution in [0.5, 0.6) is 5.88 Å². The van der Waals surface area contributed by atoms with Gasteiger partial charge in [-0.25, -0.2) is 13.4 Å². The predicted molar refractivity (Wildman–Crippen MR) is 152 cm³/mol. The number of nitriles is 1. The highest BCUT2D eigenvalue weighted by molar-refractivity contribution is 7.91. The third kappa shape index (κ3) is 7.21. The Hall–Kier alpha value is -4.08. The molecular formula is C30H32F2N4O5S. The Morgan fingerprint density at radius 2 is 1.93 bits per heavy atom. The Labute approximate surface area is 243 Å². The summed E-state index contributed by atoms with van der Waals surface area (Å²) < 4.78 is 61.4. The van der Waals surface area contributed by atoms with Gasteiger partial charge in [0.15, 0.2) is 9.84 Å². The summed E-state index contributed by atoms with van der Waals surface area (Å²) in [7, 11) is -3.43. The molecule has 2 heterocycles. The second-order valence-electron chi connectivity index (χ2n) is 10.1. The molecule has 0 bridgehead atoms. The zero-order valence-corrected chi connectivity index (χ0v) is 24.1. The molecule has 4 rings (SSSR count). The second-order valence-corrected chi connectivity index (χ2v) is 12.4. The normalized spacial score (nSPS) is 17.7. The van der Waals surface area contributed by atoms with Crippen molar-refractivity contribution in [2.75, 3.05) is 23.8 Å². The van der Waals surface area contributed by atoms with Gasteiger partial charge in [0, 0.05) is 42.3 Å². The van der Waals surface area contributed by atoms with Crippen molar-refractivity contribution >= 4 is 21.4 Å². The molecule has 2 N–H and O–H groups in total. The maximum atomic E-state index is 13.0. The van der Waals surface area contributed by atoms with Crippen molar-refractivity contribution in [2.24, 2.45) is 5.73 Å². The number of amides is 1. The Morgan fingerprint density at radius 1 is 1.19 bits per heavy atom. The summed E-state index contributed by atoms with van der Waals surface area (Å²) in [5.41, 5.74) is 8.56. The van der Waals surface area contributed by atoms with Crippen LogP contribution in [0.4, 0.5) is 14.5 Å². The Bertz CT molecular complexity index is 1540. The maximum absolute atomic E-state index is 13.0. The van der Waals surface area contributed by atoms with Crippen molar-refractivity contribution in [3.63, 3.8) is 0 Å². The molecule has 3 aromatic rings. The third-order valence-corrected chi connectivity index (χ3v) is 9.04. The number of hydrogen-bond donors (Lipinski definition) is 1. The number of sulfone groups is 1. The largest absolute Gasteiger partial charge is 0.472 e. The fourth-order valence-electron chi connectivity index (χ4n) is 5.13. The van der Waals surface area contributed by atoms with Crippen LogP contribution in [-0.2, 0) is 14.6 Å². The summed E-state index contributed by atoms with van der Waals surface area (Å²) >= 11 is 0. The molecule has 1 fully saturated rings. The molecule has 9 nitrogen and oxygen atoms in total. The van der Waals surface area contributed by atoms with Crippen molar-refractivity contribution in [1.29, 1.82) is 5.26 Å². The van der Waals surface area contributed by atoms with Crippen LogP contribution in [0.15, 0.2) is 65.7 Å². The number of anilines is 1. The molecule has 0 radical (unpaired) electrons. The number of ether oxygens (including phenoxy) is 2. The van der Waals surface area contributed by atoms with Gasteiger partial charge in [0.05, 0.1) is 35.9 Å². The number of halogens is 2. The van der Waals surface area contributed by atoms with Gasteiger partial charge in [-0.1, -0.05) is 25.1 Å². The van der Waals surface area contributed by atoms with Crippen LogP contribution in [0.2, 0.25) is 0 Å². The first kappa shape index (κ1) is 30.9. The molecule has 0 spiro atoms. The molecule has 1 aromatic heterocycles. The van der Waals surface area contributed by atoms with E-state index in [1.54, 1.807) is 49.5 Å². The van der Waals surface area contributed by atoms with Crippen molar-refractivity contribution in [3.05, 3.63) is 83.0 Å². The highest BCUT2D eigenvalue weighted by Crippen LogP contribution is 2.36. The molecule has 1 amide bonds. The van der Waals surface area contributed by atoms with E-state index in [1.165, 1.54) is 12.1 Å². The van der Waals surface area contributed by atoms with E-state index in [4.69, 9.17) is 10.5 Å². The van der Waals surface area contributed by atoms with Gasteiger partial charge in [0.1, 0.15) is 6.10 Å². The smallest absolute Gasteiger partial charge is 0.345 e. The van der Waals surface area contributed by atoms with E-state index in [-0.39, 0.29) is 35.3 Å². The van der Waals surface area contributed by atoms with Crippen LogP contribution in [0.25, 0.3) is 0 Å². The van der Waals surface area contributed by atoms with Crippen molar-refractivity contribution in [3.8, 4) is 11.9 Å². The monoisotopic (exact) mass is 598 g/mol. The van der Waals surface area contributed by atoms with Crippen LogP contribution < -0.4 is 15.4 Å². The lowest BCUT2D eigenvalue weighted by atomic mass is 9.85.